The maximum absolute atomic E-state index is 9.94. The van der Waals surface area contributed by atoms with Gasteiger partial charge in [-0.3, -0.25) is 0 Å². The van der Waals surface area contributed by atoms with E-state index in [-0.39, 0.29) is 6.10 Å². The molecule has 4 nitrogen and oxygen atoms in total. The predicted octanol–water partition coefficient (Wildman–Crippen LogP) is 0.950. The van der Waals surface area contributed by atoms with E-state index in [0.29, 0.717) is 25.1 Å². The Hall–Kier alpha value is -0.160. The van der Waals surface area contributed by atoms with Gasteiger partial charge in [0.2, 0.25) is 0 Å². The second-order valence-electron chi connectivity index (χ2n) is 4.85. The summed E-state index contributed by atoms with van der Waals surface area (Å²) in [6.07, 6.45) is -0.312. The van der Waals surface area contributed by atoms with Crippen LogP contribution in [0.5, 0.6) is 0 Å². The summed E-state index contributed by atoms with van der Waals surface area (Å²) in [4.78, 5) is 2.23. The highest BCUT2D eigenvalue weighted by atomic mass is 16.5. The van der Waals surface area contributed by atoms with Crippen molar-refractivity contribution < 1.29 is 9.84 Å². The predicted molar refractivity (Wildman–Crippen MR) is 72.3 cm³/mol. The van der Waals surface area contributed by atoms with Crippen molar-refractivity contribution in [3.8, 4) is 0 Å². The summed E-state index contributed by atoms with van der Waals surface area (Å²) in [6, 6.07) is 0.311. The minimum absolute atomic E-state index is 0.311. The van der Waals surface area contributed by atoms with Crippen molar-refractivity contribution in [2.45, 2.75) is 39.8 Å². The zero-order valence-electron chi connectivity index (χ0n) is 12.1. The van der Waals surface area contributed by atoms with Gasteiger partial charge in [0.05, 0.1) is 12.7 Å². The van der Waals surface area contributed by atoms with Gasteiger partial charge in [-0.05, 0) is 19.0 Å². The second kappa shape index (κ2) is 9.83. The summed E-state index contributed by atoms with van der Waals surface area (Å²) in [7, 11) is 1.71. The van der Waals surface area contributed by atoms with Crippen molar-refractivity contribution >= 4 is 0 Å². The van der Waals surface area contributed by atoms with Gasteiger partial charge in [-0.2, -0.15) is 0 Å². The molecule has 0 aromatic carbocycles. The van der Waals surface area contributed by atoms with Gasteiger partial charge < -0.3 is 20.1 Å². The Balaban J connectivity index is 3.90. The van der Waals surface area contributed by atoms with E-state index in [4.69, 9.17) is 4.74 Å². The summed E-state index contributed by atoms with van der Waals surface area (Å²) < 4.78 is 5.17. The Morgan fingerprint density at radius 3 is 2.24 bits per heavy atom. The molecule has 0 aromatic rings. The number of likely N-dealkylation sites (N-methyl/N-ethyl adjacent to an activating group) is 1. The minimum atomic E-state index is -0.312. The van der Waals surface area contributed by atoms with Crippen LogP contribution in [0.4, 0.5) is 0 Å². The number of aliphatic hydroxyl groups is 1. The van der Waals surface area contributed by atoms with Gasteiger partial charge >= 0.3 is 0 Å². The maximum Gasteiger partial charge on any atom is 0.0791 e. The molecule has 4 heteroatoms. The van der Waals surface area contributed by atoms with Crippen LogP contribution in [0.25, 0.3) is 0 Å². The molecule has 0 aliphatic carbocycles. The lowest BCUT2D eigenvalue weighted by Crippen LogP contribution is -2.45. The number of nitrogens with zero attached hydrogens (tertiary/aromatic N) is 1. The lowest BCUT2D eigenvalue weighted by Gasteiger charge is -2.26. The van der Waals surface area contributed by atoms with E-state index in [0.717, 1.165) is 19.6 Å². The van der Waals surface area contributed by atoms with Crippen LogP contribution in [0, 0.1) is 5.92 Å². The van der Waals surface area contributed by atoms with E-state index < -0.39 is 0 Å². The van der Waals surface area contributed by atoms with Gasteiger partial charge in [-0.15, -0.1) is 0 Å². The molecule has 0 aliphatic rings. The first-order valence-electron chi connectivity index (χ1n) is 6.67. The number of methoxy groups -OCH3 is 1. The average Bonchev–Trinajstić information content (AvgIpc) is 2.30. The van der Waals surface area contributed by atoms with Gasteiger partial charge in [0.1, 0.15) is 0 Å². The minimum Gasteiger partial charge on any atom is -0.390 e. The molecule has 0 aliphatic heterocycles. The molecule has 0 fully saturated rings. The summed E-state index contributed by atoms with van der Waals surface area (Å²) in [6.45, 7) is 12.6. The molecule has 17 heavy (non-hydrogen) atoms. The molecule has 0 bridgehead atoms. The normalized spacial score (nSPS) is 15.5. The average molecular weight is 246 g/mol. The molecular formula is C13H30N2O2. The van der Waals surface area contributed by atoms with Gasteiger partial charge in [0, 0.05) is 26.2 Å². The fourth-order valence-electron chi connectivity index (χ4n) is 1.80. The molecule has 2 unspecified atom stereocenters. The van der Waals surface area contributed by atoms with Crippen molar-refractivity contribution in [3.63, 3.8) is 0 Å². The molecular weight excluding hydrogens is 216 g/mol. The Labute approximate surface area is 106 Å². The smallest absolute Gasteiger partial charge is 0.0791 e. The van der Waals surface area contributed by atoms with Crippen LogP contribution in [-0.4, -0.2) is 62.0 Å². The first kappa shape index (κ1) is 16.8. The number of hydrogen-bond donors (Lipinski definition) is 2. The standard InChI is InChI=1S/C13H30N2O2/c1-6-15(7-2)9-12(16)8-14-13(10-17-5)11(3)4/h11-14,16H,6-10H2,1-5H3. The lowest BCUT2D eigenvalue weighted by atomic mass is 10.1. The fraction of sp³-hybridized carbons (Fsp3) is 1.00. The van der Waals surface area contributed by atoms with E-state index in [9.17, 15) is 5.11 Å². The lowest BCUT2D eigenvalue weighted by molar-refractivity contribution is 0.0979. The molecule has 0 radical (unpaired) electrons. The van der Waals surface area contributed by atoms with Gasteiger partial charge in [-0.25, -0.2) is 0 Å². The Morgan fingerprint density at radius 1 is 1.24 bits per heavy atom. The third-order valence-electron chi connectivity index (χ3n) is 3.13. The first-order chi connectivity index (χ1) is 8.04. The molecule has 2 N–H and O–H groups in total. The monoisotopic (exact) mass is 246 g/mol. The zero-order valence-corrected chi connectivity index (χ0v) is 12.1. The highest BCUT2D eigenvalue weighted by Gasteiger charge is 2.15. The van der Waals surface area contributed by atoms with Crippen LogP contribution >= 0.6 is 0 Å². The third kappa shape index (κ3) is 7.71. The van der Waals surface area contributed by atoms with E-state index in [2.05, 4.69) is 37.9 Å². The fourth-order valence-corrected chi connectivity index (χ4v) is 1.80. The number of hydrogen-bond acceptors (Lipinski definition) is 4. The largest absolute Gasteiger partial charge is 0.390 e. The van der Waals surface area contributed by atoms with E-state index >= 15 is 0 Å². The molecule has 0 saturated heterocycles. The summed E-state index contributed by atoms with van der Waals surface area (Å²) in [5, 5.41) is 13.3. The summed E-state index contributed by atoms with van der Waals surface area (Å²) in [5.74, 6) is 0.510. The van der Waals surface area contributed by atoms with Crippen LogP contribution in [0.15, 0.2) is 0 Å². The van der Waals surface area contributed by atoms with Crippen molar-refractivity contribution in [1.82, 2.24) is 10.2 Å². The van der Waals surface area contributed by atoms with Crippen LogP contribution in [0.2, 0.25) is 0 Å². The number of nitrogens with one attached hydrogen (secondary N) is 1. The molecule has 0 amide bonds. The second-order valence-corrected chi connectivity index (χ2v) is 4.85. The molecule has 0 aromatic heterocycles. The molecule has 2 atom stereocenters. The van der Waals surface area contributed by atoms with Crippen LogP contribution in [0.1, 0.15) is 27.7 Å². The highest BCUT2D eigenvalue weighted by molar-refractivity contribution is 4.73. The molecule has 104 valence electrons. The van der Waals surface area contributed by atoms with Crippen LogP contribution in [-0.2, 0) is 4.74 Å². The Bertz CT molecular complexity index is 173. The van der Waals surface area contributed by atoms with E-state index in [1.54, 1.807) is 7.11 Å². The van der Waals surface area contributed by atoms with Crippen LogP contribution in [0.3, 0.4) is 0 Å². The molecule has 0 saturated carbocycles. The molecule has 0 heterocycles. The topological polar surface area (TPSA) is 44.7 Å². The quantitative estimate of drug-likeness (QED) is 0.602. The zero-order chi connectivity index (χ0) is 13.3. The van der Waals surface area contributed by atoms with Gasteiger partial charge in [0.15, 0.2) is 0 Å². The number of rotatable bonds is 10. The first-order valence-corrected chi connectivity index (χ1v) is 6.67. The van der Waals surface area contributed by atoms with E-state index in [1.165, 1.54) is 0 Å². The summed E-state index contributed by atoms with van der Waals surface area (Å²) >= 11 is 0. The van der Waals surface area contributed by atoms with Gasteiger partial charge in [0.25, 0.3) is 0 Å². The maximum atomic E-state index is 9.94. The third-order valence-corrected chi connectivity index (χ3v) is 3.13. The Kier molecular flexibility index (Phi) is 9.74. The van der Waals surface area contributed by atoms with E-state index in [1.807, 2.05) is 0 Å². The van der Waals surface area contributed by atoms with Crippen molar-refractivity contribution in [2.24, 2.45) is 5.92 Å². The number of aliphatic hydroxyl groups excluding tert-OH is 1. The molecule has 0 rings (SSSR count). The highest BCUT2D eigenvalue weighted by Crippen LogP contribution is 2.02. The SMILES string of the molecule is CCN(CC)CC(O)CNC(COC)C(C)C. The van der Waals surface area contributed by atoms with Crippen LogP contribution < -0.4 is 5.32 Å². The van der Waals surface area contributed by atoms with Gasteiger partial charge in [-0.1, -0.05) is 27.7 Å². The Morgan fingerprint density at radius 2 is 1.82 bits per heavy atom. The summed E-state index contributed by atoms with van der Waals surface area (Å²) in [5.41, 5.74) is 0. The van der Waals surface area contributed by atoms with Crippen molar-refractivity contribution in [1.29, 1.82) is 0 Å². The number of ether oxygens (including phenoxy) is 1. The van der Waals surface area contributed by atoms with Crippen molar-refractivity contribution in [3.05, 3.63) is 0 Å². The van der Waals surface area contributed by atoms with Crippen molar-refractivity contribution in [2.75, 3.05) is 39.9 Å². The molecule has 0 spiro atoms.